The molecule has 19 heavy (non-hydrogen) atoms. The lowest BCUT2D eigenvalue weighted by molar-refractivity contribution is -0.112. The standard InChI is InChI=1S/C14H9FN2OS/c15-11-3-5-12(6-4-11)17-14(18)10(9-16)8-13-2-1-7-19-13/h1-8H,(H,17,18). The molecule has 0 spiro atoms. The third-order valence-corrected chi connectivity index (χ3v) is 3.12. The van der Waals surface area contributed by atoms with Gasteiger partial charge in [-0.3, -0.25) is 4.79 Å². The quantitative estimate of drug-likeness (QED) is 0.687. The Labute approximate surface area is 113 Å². The molecular weight excluding hydrogens is 263 g/mol. The van der Waals surface area contributed by atoms with Gasteiger partial charge in [0.15, 0.2) is 0 Å². The van der Waals surface area contributed by atoms with Crippen LogP contribution in [0.25, 0.3) is 6.08 Å². The number of anilines is 1. The number of nitriles is 1. The molecule has 3 nitrogen and oxygen atoms in total. The van der Waals surface area contributed by atoms with Crippen molar-refractivity contribution in [3.63, 3.8) is 0 Å². The van der Waals surface area contributed by atoms with E-state index in [4.69, 9.17) is 5.26 Å². The second-order valence-electron chi connectivity index (χ2n) is 3.65. The molecule has 0 radical (unpaired) electrons. The van der Waals surface area contributed by atoms with Gasteiger partial charge in [0.2, 0.25) is 0 Å². The van der Waals surface area contributed by atoms with Gasteiger partial charge in [0.25, 0.3) is 5.91 Å². The van der Waals surface area contributed by atoms with E-state index in [-0.39, 0.29) is 11.4 Å². The molecule has 0 aliphatic heterocycles. The molecule has 1 aromatic carbocycles. The summed E-state index contributed by atoms with van der Waals surface area (Å²) in [6.45, 7) is 0. The highest BCUT2D eigenvalue weighted by Crippen LogP contribution is 2.15. The molecule has 1 heterocycles. The van der Waals surface area contributed by atoms with Crippen molar-refractivity contribution < 1.29 is 9.18 Å². The van der Waals surface area contributed by atoms with Crippen LogP contribution in [0, 0.1) is 17.1 Å². The second-order valence-corrected chi connectivity index (χ2v) is 4.63. The lowest BCUT2D eigenvalue weighted by atomic mass is 10.2. The summed E-state index contributed by atoms with van der Waals surface area (Å²) < 4.78 is 12.7. The third-order valence-electron chi connectivity index (χ3n) is 2.30. The van der Waals surface area contributed by atoms with Gasteiger partial charge in [-0.15, -0.1) is 11.3 Å². The molecule has 1 N–H and O–H groups in total. The maximum atomic E-state index is 12.7. The van der Waals surface area contributed by atoms with Crippen LogP contribution < -0.4 is 5.32 Å². The minimum atomic E-state index is -0.512. The lowest BCUT2D eigenvalue weighted by Gasteiger charge is -2.03. The number of rotatable bonds is 3. The molecule has 0 saturated carbocycles. The number of hydrogen-bond acceptors (Lipinski definition) is 3. The topological polar surface area (TPSA) is 52.9 Å². The molecule has 0 aliphatic rings. The molecule has 1 aromatic heterocycles. The Morgan fingerprint density at radius 3 is 2.63 bits per heavy atom. The second kappa shape index (κ2) is 5.94. The van der Waals surface area contributed by atoms with Crippen LogP contribution in [0.15, 0.2) is 47.4 Å². The Bertz CT molecular complexity index is 639. The fourth-order valence-electron chi connectivity index (χ4n) is 1.40. The zero-order valence-corrected chi connectivity index (χ0v) is 10.6. The molecule has 2 rings (SSSR count). The molecule has 0 bridgehead atoms. The van der Waals surface area contributed by atoms with E-state index < -0.39 is 5.91 Å². The Balaban J connectivity index is 2.14. The van der Waals surface area contributed by atoms with Crippen molar-refractivity contribution in [3.8, 4) is 6.07 Å². The number of nitrogens with one attached hydrogen (secondary N) is 1. The SMILES string of the molecule is N#CC(=Cc1cccs1)C(=O)Nc1ccc(F)cc1. The number of carbonyl (C=O) groups excluding carboxylic acids is 1. The Kier molecular flexibility index (Phi) is 4.06. The summed E-state index contributed by atoms with van der Waals surface area (Å²) in [6.07, 6.45) is 1.52. The summed E-state index contributed by atoms with van der Waals surface area (Å²) >= 11 is 1.44. The molecule has 94 valence electrons. The first-order valence-corrected chi connectivity index (χ1v) is 6.29. The summed E-state index contributed by atoms with van der Waals surface area (Å²) in [7, 11) is 0. The van der Waals surface area contributed by atoms with Crippen molar-refractivity contribution in [2.75, 3.05) is 5.32 Å². The van der Waals surface area contributed by atoms with E-state index >= 15 is 0 Å². The molecule has 2 aromatic rings. The van der Waals surface area contributed by atoms with Crippen LogP contribution >= 0.6 is 11.3 Å². The maximum Gasteiger partial charge on any atom is 0.266 e. The minimum absolute atomic E-state index is 0.00627. The first-order chi connectivity index (χ1) is 9.19. The van der Waals surface area contributed by atoms with Crippen LogP contribution in [-0.4, -0.2) is 5.91 Å². The number of hydrogen-bond donors (Lipinski definition) is 1. The predicted molar refractivity (Wildman–Crippen MR) is 72.9 cm³/mol. The smallest absolute Gasteiger partial charge is 0.266 e. The molecule has 1 amide bonds. The molecule has 5 heteroatoms. The monoisotopic (exact) mass is 272 g/mol. The van der Waals surface area contributed by atoms with Crippen LogP contribution in [-0.2, 0) is 4.79 Å². The summed E-state index contributed by atoms with van der Waals surface area (Å²) in [5.74, 6) is -0.893. The average Bonchev–Trinajstić information content (AvgIpc) is 2.91. The fraction of sp³-hybridized carbons (Fsp3) is 0. The zero-order valence-electron chi connectivity index (χ0n) is 9.76. The van der Waals surface area contributed by atoms with Crippen LogP contribution in [0.2, 0.25) is 0 Å². The van der Waals surface area contributed by atoms with E-state index in [1.54, 1.807) is 0 Å². The Morgan fingerprint density at radius 1 is 1.32 bits per heavy atom. The van der Waals surface area contributed by atoms with Crippen LogP contribution in [0.1, 0.15) is 4.88 Å². The molecule has 0 atom stereocenters. The molecular formula is C14H9FN2OS. The van der Waals surface area contributed by atoms with Crippen molar-refractivity contribution in [2.24, 2.45) is 0 Å². The van der Waals surface area contributed by atoms with Crippen molar-refractivity contribution in [1.29, 1.82) is 5.26 Å². The highest BCUT2D eigenvalue weighted by atomic mass is 32.1. The number of carbonyl (C=O) groups is 1. The highest BCUT2D eigenvalue weighted by molar-refractivity contribution is 7.10. The van der Waals surface area contributed by atoms with E-state index in [2.05, 4.69) is 5.32 Å². The normalized spacial score (nSPS) is 10.8. The van der Waals surface area contributed by atoms with Gasteiger partial charge in [0, 0.05) is 10.6 Å². The summed E-state index contributed by atoms with van der Waals surface area (Å²) in [5.41, 5.74) is 0.450. The Hall–Kier alpha value is -2.45. The van der Waals surface area contributed by atoms with E-state index in [0.29, 0.717) is 5.69 Å². The van der Waals surface area contributed by atoms with Crippen molar-refractivity contribution >= 4 is 29.0 Å². The van der Waals surface area contributed by atoms with Gasteiger partial charge in [-0.1, -0.05) is 6.07 Å². The molecule has 0 aliphatic carbocycles. The number of amides is 1. The van der Waals surface area contributed by atoms with Gasteiger partial charge < -0.3 is 5.32 Å². The molecule has 0 saturated heterocycles. The van der Waals surface area contributed by atoms with Crippen LogP contribution in [0.3, 0.4) is 0 Å². The number of halogens is 1. The van der Waals surface area contributed by atoms with E-state index in [1.165, 1.54) is 41.7 Å². The number of benzene rings is 1. The zero-order chi connectivity index (χ0) is 13.7. The largest absolute Gasteiger partial charge is 0.321 e. The van der Waals surface area contributed by atoms with Gasteiger partial charge in [-0.2, -0.15) is 5.26 Å². The average molecular weight is 272 g/mol. The molecule has 0 unspecified atom stereocenters. The van der Waals surface area contributed by atoms with Crippen LogP contribution in [0.4, 0.5) is 10.1 Å². The first-order valence-electron chi connectivity index (χ1n) is 5.41. The van der Waals surface area contributed by atoms with Gasteiger partial charge in [0.1, 0.15) is 17.5 Å². The van der Waals surface area contributed by atoms with Crippen molar-refractivity contribution in [3.05, 3.63) is 58.0 Å². The highest BCUT2D eigenvalue weighted by Gasteiger charge is 2.09. The maximum absolute atomic E-state index is 12.7. The first kappa shape index (κ1) is 13.0. The number of thiophene rings is 1. The van der Waals surface area contributed by atoms with Crippen LogP contribution in [0.5, 0.6) is 0 Å². The predicted octanol–water partition coefficient (Wildman–Crippen LogP) is 3.43. The van der Waals surface area contributed by atoms with E-state index in [9.17, 15) is 9.18 Å². The lowest BCUT2D eigenvalue weighted by Crippen LogP contribution is -2.13. The summed E-state index contributed by atoms with van der Waals surface area (Å²) in [6, 6.07) is 10.9. The fourth-order valence-corrected chi connectivity index (χ4v) is 2.05. The molecule has 0 fully saturated rings. The van der Waals surface area contributed by atoms with E-state index in [0.717, 1.165) is 4.88 Å². The van der Waals surface area contributed by atoms with Gasteiger partial charge in [-0.05, 0) is 41.8 Å². The van der Waals surface area contributed by atoms with E-state index in [1.807, 2.05) is 23.6 Å². The number of nitrogens with zero attached hydrogens (tertiary/aromatic N) is 1. The minimum Gasteiger partial charge on any atom is -0.321 e. The van der Waals surface area contributed by atoms with Gasteiger partial charge >= 0.3 is 0 Å². The van der Waals surface area contributed by atoms with Crippen molar-refractivity contribution in [2.45, 2.75) is 0 Å². The summed E-state index contributed by atoms with van der Waals surface area (Å²) in [4.78, 5) is 12.7. The Morgan fingerprint density at radius 2 is 2.05 bits per heavy atom. The third kappa shape index (κ3) is 3.50. The van der Waals surface area contributed by atoms with Crippen molar-refractivity contribution in [1.82, 2.24) is 0 Å². The summed E-state index contributed by atoms with van der Waals surface area (Å²) in [5, 5.41) is 13.4. The van der Waals surface area contributed by atoms with Gasteiger partial charge in [-0.25, -0.2) is 4.39 Å². The van der Waals surface area contributed by atoms with Gasteiger partial charge in [0.05, 0.1) is 0 Å².